The summed E-state index contributed by atoms with van der Waals surface area (Å²) < 4.78 is 22.7. The van der Waals surface area contributed by atoms with Crippen molar-refractivity contribution in [3.63, 3.8) is 0 Å². The first-order valence-corrected chi connectivity index (χ1v) is 9.16. The number of hydrogen-bond donors (Lipinski definition) is 1. The molecule has 1 amide bonds. The second-order valence-corrected chi connectivity index (χ2v) is 8.44. The van der Waals surface area contributed by atoms with Crippen LogP contribution in [0.1, 0.15) is 18.1 Å². The van der Waals surface area contributed by atoms with Gasteiger partial charge in [-0.3, -0.25) is 9.89 Å². The number of nitrogens with one attached hydrogen (secondary N) is 1. The molecule has 1 aliphatic heterocycles. The van der Waals surface area contributed by atoms with E-state index in [0.717, 1.165) is 0 Å². The monoisotopic (exact) mass is 318 g/mol. The van der Waals surface area contributed by atoms with E-state index in [1.165, 1.54) is 11.8 Å². The number of carbonyl (C=O) groups excluding carboxylic acids is 1. The van der Waals surface area contributed by atoms with Gasteiger partial charge in [0.1, 0.15) is 5.82 Å². The minimum Gasteiger partial charge on any atom is -0.337 e. The maximum absolute atomic E-state index is 12.0. The minimum absolute atomic E-state index is 0.0400. The summed E-state index contributed by atoms with van der Waals surface area (Å²) in [6.07, 6.45) is 0.643. The summed E-state index contributed by atoms with van der Waals surface area (Å²) in [6.45, 7) is 2.15. The highest BCUT2D eigenvalue weighted by atomic mass is 32.2. The zero-order chi connectivity index (χ0) is 14.8. The summed E-state index contributed by atoms with van der Waals surface area (Å²) in [5.41, 5.74) is 0. The van der Waals surface area contributed by atoms with Crippen molar-refractivity contribution >= 4 is 27.5 Å². The molecule has 1 aromatic heterocycles. The highest BCUT2D eigenvalue weighted by Crippen LogP contribution is 2.24. The Morgan fingerprint density at radius 3 is 2.85 bits per heavy atom. The number of hydrogen-bond acceptors (Lipinski definition) is 6. The molecular weight excluding hydrogens is 300 g/mol. The Morgan fingerprint density at radius 2 is 2.30 bits per heavy atom. The first kappa shape index (κ1) is 15.3. The van der Waals surface area contributed by atoms with E-state index < -0.39 is 9.84 Å². The van der Waals surface area contributed by atoms with Crippen molar-refractivity contribution in [2.24, 2.45) is 0 Å². The lowest BCUT2D eigenvalue weighted by Gasteiger charge is -2.16. The van der Waals surface area contributed by atoms with Crippen molar-refractivity contribution in [2.75, 3.05) is 24.3 Å². The van der Waals surface area contributed by atoms with Crippen LogP contribution in [0.3, 0.4) is 0 Å². The van der Waals surface area contributed by atoms with E-state index in [1.54, 1.807) is 18.9 Å². The molecule has 1 fully saturated rings. The number of aromatic nitrogens is 3. The normalized spacial score (nSPS) is 21.0. The number of rotatable bonds is 5. The van der Waals surface area contributed by atoms with Crippen LogP contribution in [-0.4, -0.2) is 64.0 Å². The predicted octanol–water partition coefficient (Wildman–Crippen LogP) is -0.00818. The summed E-state index contributed by atoms with van der Waals surface area (Å²) in [5.74, 6) is 1.97. The van der Waals surface area contributed by atoms with Crippen molar-refractivity contribution < 1.29 is 13.2 Å². The van der Waals surface area contributed by atoms with Gasteiger partial charge < -0.3 is 4.90 Å². The summed E-state index contributed by atoms with van der Waals surface area (Å²) in [5, 5.41) is 6.75. The number of sulfone groups is 1. The van der Waals surface area contributed by atoms with Crippen LogP contribution in [0.15, 0.2) is 0 Å². The van der Waals surface area contributed by atoms with E-state index in [0.29, 0.717) is 30.4 Å². The standard InChI is InChI=1S/C11H18N4O3S2/c1-8-12-10(14-13-8)5-15(2)11(16)6-19-9-3-4-20(17,18)7-9/h9H,3-7H2,1-2H3,(H,12,13,14). The third-order valence-corrected chi connectivity index (χ3v) is 6.35. The zero-order valence-corrected chi connectivity index (χ0v) is 13.1. The Bertz CT molecular complexity index is 584. The van der Waals surface area contributed by atoms with Crippen molar-refractivity contribution in [3.05, 3.63) is 11.6 Å². The predicted molar refractivity (Wildman–Crippen MR) is 77.1 cm³/mol. The van der Waals surface area contributed by atoms with Crippen LogP contribution in [0.2, 0.25) is 0 Å². The molecule has 9 heteroatoms. The first-order chi connectivity index (χ1) is 9.35. The van der Waals surface area contributed by atoms with Gasteiger partial charge in [0, 0.05) is 12.3 Å². The topological polar surface area (TPSA) is 96.0 Å². The van der Waals surface area contributed by atoms with Gasteiger partial charge in [-0.15, -0.1) is 11.8 Å². The molecule has 1 aliphatic rings. The highest BCUT2D eigenvalue weighted by Gasteiger charge is 2.28. The average molecular weight is 318 g/mol. The Morgan fingerprint density at radius 1 is 1.55 bits per heavy atom. The van der Waals surface area contributed by atoms with Crippen LogP contribution in [0.25, 0.3) is 0 Å². The maximum Gasteiger partial charge on any atom is 0.232 e. The molecule has 2 rings (SSSR count). The van der Waals surface area contributed by atoms with Gasteiger partial charge >= 0.3 is 0 Å². The minimum atomic E-state index is -2.88. The molecule has 1 saturated heterocycles. The lowest BCUT2D eigenvalue weighted by atomic mass is 10.4. The molecule has 0 radical (unpaired) electrons. The lowest BCUT2D eigenvalue weighted by Crippen LogP contribution is -2.29. The van der Waals surface area contributed by atoms with Crippen molar-refractivity contribution in [3.8, 4) is 0 Å². The second-order valence-electron chi connectivity index (χ2n) is 4.92. The molecule has 112 valence electrons. The molecule has 7 nitrogen and oxygen atoms in total. The van der Waals surface area contributed by atoms with Gasteiger partial charge in [0.2, 0.25) is 5.91 Å². The third-order valence-electron chi connectivity index (χ3n) is 3.08. The maximum atomic E-state index is 12.0. The van der Waals surface area contributed by atoms with Gasteiger partial charge in [-0.2, -0.15) is 5.10 Å². The number of H-pyrrole nitrogens is 1. The Balaban J connectivity index is 1.77. The Hall–Kier alpha value is -1.09. The number of aryl methyl sites for hydroxylation is 1. The molecule has 0 aromatic carbocycles. The van der Waals surface area contributed by atoms with Gasteiger partial charge in [0.15, 0.2) is 15.7 Å². The Kier molecular flexibility index (Phi) is 4.69. The molecule has 0 aliphatic carbocycles. The van der Waals surface area contributed by atoms with E-state index in [2.05, 4.69) is 15.2 Å². The molecule has 20 heavy (non-hydrogen) atoms. The van der Waals surface area contributed by atoms with Crippen LogP contribution in [-0.2, 0) is 21.2 Å². The van der Waals surface area contributed by atoms with Gasteiger partial charge in [0.25, 0.3) is 0 Å². The molecule has 1 atom stereocenters. The van der Waals surface area contributed by atoms with Crippen LogP contribution in [0.5, 0.6) is 0 Å². The van der Waals surface area contributed by atoms with E-state index in [1.807, 2.05) is 0 Å². The fraction of sp³-hybridized carbons (Fsp3) is 0.727. The molecule has 2 heterocycles. The van der Waals surface area contributed by atoms with E-state index in [-0.39, 0.29) is 22.7 Å². The smallest absolute Gasteiger partial charge is 0.232 e. The lowest BCUT2D eigenvalue weighted by molar-refractivity contribution is -0.127. The van der Waals surface area contributed by atoms with Crippen molar-refractivity contribution in [2.45, 2.75) is 25.1 Å². The fourth-order valence-corrected chi connectivity index (χ4v) is 5.53. The SMILES string of the molecule is Cc1nc(CN(C)C(=O)CSC2CCS(=O)(=O)C2)n[nH]1. The molecule has 0 bridgehead atoms. The quantitative estimate of drug-likeness (QED) is 0.820. The van der Waals surface area contributed by atoms with E-state index in [9.17, 15) is 13.2 Å². The largest absolute Gasteiger partial charge is 0.337 e. The summed E-state index contributed by atoms with van der Waals surface area (Å²) in [4.78, 5) is 17.7. The number of amides is 1. The average Bonchev–Trinajstić information content (AvgIpc) is 2.92. The summed E-state index contributed by atoms with van der Waals surface area (Å²) in [7, 11) is -1.18. The van der Waals surface area contributed by atoms with Crippen LogP contribution < -0.4 is 0 Å². The number of nitrogens with zero attached hydrogens (tertiary/aromatic N) is 3. The summed E-state index contributed by atoms with van der Waals surface area (Å²) >= 11 is 1.42. The zero-order valence-electron chi connectivity index (χ0n) is 11.5. The van der Waals surface area contributed by atoms with Gasteiger partial charge in [-0.25, -0.2) is 13.4 Å². The van der Waals surface area contributed by atoms with Gasteiger partial charge in [-0.1, -0.05) is 0 Å². The number of thioether (sulfide) groups is 1. The van der Waals surface area contributed by atoms with Crippen LogP contribution in [0, 0.1) is 6.92 Å². The molecule has 0 saturated carbocycles. The number of aromatic amines is 1. The van der Waals surface area contributed by atoms with Gasteiger partial charge in [0.05, 0.1) is 23.8 Å². The van der Waals surface area contributed by atoms with Crippen molar-refractivity contribution in [1.29, 1.82) is 0 Å². The van der Waals surface area contributed by atoms with Crippen molar-refractivity contribution in [1.82, 2.24) is 20.1 Å². The molecular formula is C11H18N4O3S2. The van der Waals surface area contributed by atoms with Crippen LogP contribution in [0.4, 0.5) is 0 Å². The first-order valence-electron chi connectivity index (χ1n) is 6.29. The Labute approximate surface area is 122 Å². The molecule has 1 aromatic rings. The second kappa shape index (κ2) is 6.13. The molecule has 1 unspecified atom stereocenters. The third kappa shape index (κ3) is 4.20. The molecule has 0 spiro atoms. The summed E-state index contributed by atoms with van der Waals surface area (Å²) in [6, 6.07) is 0. The van der Waals surface area contributed by atoms with Gasteiger partial charge in [-0.05, 0) is 13.3 Å². The van der Waals surface area contributed by atoms with Crippen LogP contribution >= 0.6 is 11.8 Å². The highest BCUT2D eigenvalue weighted by molar-refractivity contribution is 8.02. The fourth-order valence-electron chi connectivity index (χ4n) is 1.95. The molecule has 1 N–H and O–H groups in total. The van der Waals surface area contributed by atoms with E-state index >= 15 is 0 Å². The number of carbonyl (C=O) groups is 1. The van der Waals surface area contributed by atoms with E-state index in [4.69, 9.17) is 0 Å².